The molecular formula is C20H15ClN4O. The normalized spacial score (nSPS) is 13.6. The van der Waals surface area contributed by atoms with Crippen LogP contribution in [0.1, 0.15) is 11.1 Å². The number of amides is 2. The third-order valence-corrected chi connectivity index (χ3v) is 4.36. The summed E-state index contributed by atoms with van der Waals surface area (Å²) in [5.74, 6) is 0. The zero-order valence-electron chi connectivity index (χ0n) is 13.8. The molecule has 3 aromatic rings. The fraction of sp³-hybridized carbons (Fsp3) is 0.0500. The minimum absolute atomic E-state index is 0.253. The number of anilines is 1. The van der Waals surface area contributed by atoms with Crippen LogP contribution < -0.4 is 5.32 Å². The van der Waals surface area contributed by atoms with Gasteiger partial charge in [-0.1, -0.05) is 35.9 Å². The molecule has 128 valence electrons. The van der Waals surface area contributed by atoms with Crippen LogP contribution in [-0.2, 0) is 6.54 Å². The van der Waals surface area contributed by atoms with E-state index in [2.05, 4.69) is 21.5 Å². The molecule has 6 heteroatoms. The molecule has 1 aromatic heterocycles. The van der Waals surface area contributed by atoms with E-state index in [1.54, 1.807) is 18.6 Å². The first kappa shape index (κ1) is 16.3. The van der Waals surface area contributed by atoms with Crippen molar-refractivity contribution >= 4 is 29.5 Å². The lowest BCUT2D eigenvalue weighted by molar-refractivity contribution is 0.209. The molecule has 0 bridgehead atoms. The van der Waals surface area contributed by atoms with E-state index in [4.69, 9.17) is 11.6 Å². The molecule has 2 heterocycles. The Hall–Kier alpha value is -3.18. The largest absolute Gasteiger partial charge is 0.342 e. The van der Waals surface area contributed by atoms with Crippen LogP contribution in [0.5, 0.6) is 0 Å². The van der Waals surface area contributed by atoms with Gasteiger partial charge in [-0.3, -0.25) is 4.98 Å². The van der Waals surface area contributed by atoms with E-state index in [-0.39, 0.29) is 6.03 Å². The van der Waals surface area contributed by atoms with Crippen LogP contribution in [0.3, 0.4) is 0 Å². The molecule has 2 amide bonds. The van der Waals surface area contributed by atoms with Crippen LogP contribution in [0.25, 0.3) is 11.1 Å². The van der Waals surface area contributed by atoms with Gasteiger partial charge in [-0.15, -0.1) is 0 Å². The number of benzene rings is 2. The maximum atomic E-state index is 12.2. The number of hydrazone groups is 1. The Kier molecular flexibility index (Phi) is 4.37. The highest BCUT2D eigenvalue weighted by Gasteiger charge is 2.22. The van der Waals surface area contributed by atoms with E-state index in [1.807, 2.05) is 48.5 Å². The maximum absolute atomic E-state index is 12.2. The third-order valence-electron chi connectivity index (χ3n) is 4.11. The Morgan fingerprint density at radius 3 is 2.69 bits per heavy atom. The molecular weight excluding hydrogens is 348 g/mol. The van der Waals surface area contributed by atoms with Gasteiger partial charge < -0.3 is 5.32 Å². The molecule has 1 N–H and O–H groups in total. The molecule has 2 aromatic carbocycles. The number of carbonyl (C=O) groups is 1. The summed E-state index contributed by atoms with van der Waals surface area (Å²) in [5.41, 5.74) is 4.77. The van der Waals surface area contributed by atoms with E-state index >= 15 is 0 Å². The first-order valence-electron chi connectivity index (χ1n) is 8.10. The molecule has 0 atom stereocenters. The number of halogens is 1. The zero-order valence-corrected chi connectivity index (χ0v) is 14.5. The molecule has 0 unspecified atom stereocenters. The van der Waals surface area contributed by atoms with E-state index in [1.165, 1.54) is 5.01 Å². The first-order chi connectivity index (χ1) is 12.7. The number of hydrogen-bond donors (Lipinski definition) is 1. The summed E-state index contributed by atoms with van der Waals surface area (Å²) in [5, 5.41) is 9.26. The van der Waals surface area contributed by atoms with Crippen molar-refractivity contribution in [1.29, 1.82) is 0 Å². The van der Waals surface area contributed by atoms with E-state index in [0.717, 1.165) is 27.9 Å². The lowest BCUT2D eigenvalue weighted by atomic mass is 10.0. The second-order valence-electron chi connectivity index (χ2n) is 5.90. The first-order valence-corrected chi connectivity index (χ1v) is 8.48. The van der Waals surface area contributed by atoms with Gasteiger partial charge in [0.2, 0.25) is 0 Å². The predicted molar refractivity (Wildman–Crippen MR) is 103 cm³/mol. The number of aromatic nitrogens is 1. The summed E-state index contributed by atoms with van der Waals surface area (Å²) >= 11 is 5.96. The summed E-state index contributed by atoms with van der Waals surface area (Å²) in [6.45, 7) is 0.402. The van der Waals surface area contributed by atoms with Gasteiger partial charge in [0.15, 0.2) is 0 Å². The minimum Gasteiger partial charge on any atom is -0.306 e. The molecule has 1 aliphatic rings. The Morgan fingerprint density at radius 1 is 1.12 bits per heavy atom. The average Bonchev–Trinajstić information content (AvgIpc) is 2.67. The molecule has 1 aliphatic heterocycles. The summed E-state index contributed by atoms with van der Waals surface area (Å²) in [6.07, 6.45) is 5.01. The lowest BCUT2D eigenvalue weighted by Crippen LogP contribution is -2.35. The number of nitrogens with one attached hydrogen (secondary N) is 1. The molecule has 4 rings (SSSR count). The van der Waals surface area contributed by atoms with Gasteiger partial charge in [0.25, 0.3) is 0 Å². The fourth-order valence-corrected chi connectivity index (χ4v) is 2.89. The van der Waals surface area contributed by atoms with Crippen molar-refractivity contribution in [3.05, 3.63) is 83.1 Å². The van der Waals surface area contributed by atoms with Crippen molar-refractivity contribution in [1.82, 2.24) is 9.99 Å². The number of pyridine rings is 1. The van der Waals surface area contributed by atoms with Crippen LogP contribution in [-0.4, -0.2) is 22.2 Å². The molecule has 0 saturated carbocycles. The third kappa shape index (κ3) is 3.43. The van der Waals surface area contributed by atoms with Crippen LogP contribution in [0.15, 0.2) is 72.1 Å². The number of urea groups is 1. The second kappa shape index (κ2) is 6.98. The van der Waals surface area contributed by atoms with Gasteiger partial charge in [-0.05, 0) is 47.0 Å². The van der Waals surface area contributed by atoms with Crippen LogP contribution in [0, 0.1) is 0 Å². The highest BCUT2D eigenvalue weighted by molar-refractivity contribution is 6.30. The average molecular weight is 363 g/mol. The van der Waals surface area contributed by atoms with Gasteiger partial charge in [-0.25, -0.2) is 9.80 Å². The van der Waals surface area contributed by atoms with E-state index < -0.39 is 0 Å². The molecule has 26 heavy (non-hydrogen) atoms. The highest BCUT2D eigenvalue weighted by atomic mass is 35.5. The number of carbonyl (C=O) groups excluding carboxylic acids is 1. The Bertz CT molecular complexity index is 971. The Morgan fingerprint density at radius 2 is 1.92 bits per heavy atom. The van der Waals surface area contributed by atoms with Crippen LogP contribution in [0.2, 0.25) is 5.02 Å². The van der Waals surface area contributed by atoms with Crippen molar-refractivity contribution in [2.75, 3.05) is 5.32 Å². The van der Waals surface area contributed by atoms with Gasteiger partial charge in [-0.2, -0.15) is 5.10 Å². The molecule has 0 radical (unpaired) electrons. The molecule has 0 spiro atoms. The summed E-state index contributed by atoms with van der Waals surface area (Å²) in [7, 11) is 0. The monoisotopic (exact) mass is 362 g/mol. The standard InChI is InChI=1S/C20H15ClN4O/c21-18-6-3-15(4-7-18)16-5-8-19-17(10-16)13-25(20(26)24-19)23-12-14-2-1-9-22-11-14/h1-12H,13H2,(H,24,26). The minimum atomic E-state index is -0.253. The number of rotatable bonds is 3. The topological polar surface area (TPSA) is 57.6 Å². The summed E-state index contributed by atoms with van der Waals surface area (Å²) < 4.78 is 0. The van der Waals surface area contributed by atoms with Gasteiger partial charge >= 0.3 is 6.03 Å². The lowest BCUT2D eigenvalue weighted by Gasteiger charge is -2.25. The van der Waals surface area contributed by atoms with Crippen molar-refractivity contribution in [3.8, 4) is 11.1 Å². The van der Waals surface area contributed by atoms with Crippen molar-refractivity contribution in [2.45, 2.75) is 6.54 Å². The maximum Gasteiger partial charge on any atom is 0.342 e. The Labute approximate surface area is 155 Å². The summed E-state index contributed by atoms with van der Waals surface area (Å²) in [6, 6.07) is 17.1. The number of hydrogen-bond acceptors (Lipinski definition) is 3. The number of nitrogens with zero attached hydrogens (tertiary/aromatic N) is 3. The molecule has 0 aliphatic carbocycles. The highest BCUT2D eigenvalue weighted by Crippen LogP contribution is 2.29. The predicted octanol–water partition coefficient (Wildman–Crippen LogP) is 4.78. The quantitative estimate of drug-likeness (QED) is 0.681. The van der Waals surface area contributed by atoms with Crippen LogP contribution >= 0.6 is 11.6 Å². The Balaban J connectivity index is 1.59. The van der Waals surface area contributed by atoms with Crippen molar-refractivity contribution in [3.63, 3.8) is 0 Å². The molecule has 0 saturated heterocycles. The molecule has 0 fully saturated rings. The molecule has 5 nitrogen and oxygen atoms in total. The van der Waals surface area contributed by atoms with Gasteiger partial charge in [0.05, 0.1) is 12.8 Å². The smallest absolute Gasteiger partial charge is 0.306 e. The summed E-state index contributed by atoms with van der Waals surface area (Å²) in [4.78, 5) is 16.3. The zero-order chi connectivity index (χ0) is 17.9. The SMILES string of the molecule is O=C1Nc2ccc(-c3ccc(Cl)cc3)cc2CN1N=Cc1cccnc1. The van der Waals surface area contributed by atoms with Gasteiger partial charge in [0.1, 0.15) is 0 Å². The van der Waals surface area contributed by atoms with E-state index in [9.17, 15) is 4.79 Å². The van der Waals surface area contributed by atoms with E-state index in [0.29, 0.717) is 11.6 Å². The van der Waals surface area contributed by atoms with Crippen molar-refractivity contribution < 1.29 is 4.79 Å². The second-order valence-corrected chi connectivity index (χ2v) is 6.33. The fourth-order valence-electron chi connectivity index (χ4n) is 2.76. The van der Waals surface area contributed by atoms with Gasteiger partial charge in [0, 0.05) is 28.7 Å². The van der Waals surface area contributed by atoms with Crippen molar-refractivity contribution in [2.24, 2.45) is 5.10 Å². The van der Waals surface area contributed by atoms with Crippen LogP contribution in [0.4, 0.5) is 10.5 Å². The number of fused-ring (bicyclic) bond motifs is 1.